The molecule has 7 nitrogen and oxygen atoms in total. The zero-order valence-electron chi connectivity index (χ0n) is 19.2. The smallest absolute Gasteiger partial charge is 0.282 e. The van der Waals surface area contributed by atoms with Crippen LogP contribution in [-0.4, -0.2) is 28.4 Å². The Hall–Kier alpha value is -5.04. The van der Waals surface area contributed by atoms with Gasteiger partial charge in [0, 0.05) is 11.3 Å². The van der Waals surface area contributed by atoms with Crippen LogP contribution in [0.2, 0.25) is 0 Å². The molecule has 0 saturated carbocycles. The van der Waals surface area contributed by atoms with Crippen LogP contribution in [0.5, 0.6) is 5.75 Å². The van der Waals surface area contributed by atoms with Crippen molar-refractivity contribution in [2.75, 3.05) is 11.9 Å². The largest absolute Gasteiger partial charge is 0.484 e. The Morgan fingerprint density at radius 2 is 1.53 bits per heavy atom. The predicted octanol–water partition coefficient (Wildman–Crippen LogP) is 4.96. The number of hydrogen-bond donors (Lipinski definition) is 1. The molecule has 0 aliphatic carbocycles. The molecule has 5 rings (SSSR count). The summed E-state index contributed by atoms with van der Waals surface area (Å²) in [5, 5.41) is 7.73. The number of carbonyl (C=O) groups excluding carboxylic acids is 1. The van der Waals surface area contributed by atoms with E-state index in [1.54, 1.807) is 42.6 Å². The number of carbonyl (C=O) groups is 1. The van der Waals surface area contributed by atoms with E-state index < -0.39 is 0 Å². The summed E-state index contributed by atoms with van der Waals surface area (Å²) in [6.45, 7) is -0.110. The molecule has 0 aliphatic heterocycles. The molecular formula is C29H22N4O3. The third kappa shape index (κ3) is 5.20. The zero-order chi connectivity index (χ0) is 24.7. The Kier molecular flexibility index (Phi) is 6.62. The van der Waals surface area contributed by atoms with Crippen molar-refractivity contribution in [2.24, 2.45) is 5.10 Å². The molecule has 5 aromatic rings. The minimum absolute atomic E-state index is 0.110. The van der Waals surface area contributed by atoms with E-state index in [0.717, 1.165) is 11.1 Å². The van der Waals surface area contributed by atoms with Gasteiger partial charge in [0.25, 0.3) is 11.5 Å². The number of hydrogen-bond acceptors (Lipinski definition) is 5. The monoisotopic (exact) mass is 474 g/mol. The molecule has 0 unspecified atom stereocenters. The lowest BCUT2D eigenvalue weighted by Gasteiger charge is -2.09. The van der Waals surface area contributed by atoms with E-state index in [1.807, 2.05) is 72.8 Å². The van der Waals surface area contributed by atoms with Crippen molar-refractivity contribution < 1.29 is 9.53 Å². The standard InChI is InChI=1S/C29H22N4O3/c34-27(31-23-11-5-2-6-12-23)20-36-24-17-15-21(16-18-24)19-30-33-28(22-9-3-1-4-10-22)32-26-14-8-7-13-25(26)29(33)35/h1-19H,20H2,(H,31,34). The van der Waals surface area contributed by atoms with Gasteiger partial charge in [0.2, 0.25) is 0 Å². The van der Waals surface area contributed by atoms with Gasteiger partial charge in [0.15, 0.2) is 12.4 Å². The lowest BCUT2D eigenvalue weighted by atomic mass is 10.2. The van der Waals surface area contributed by atoms with Gasteiger partial charge in [-0.05, 0) is 54.1 Å². The molecular weight excluding hydrogens is 452 g/mol. The Bertz CT molecular complexity index is 1580. The Morgan fingerprint density at radius 1 is 0.861 bits per heavy atom. The van der Waals surface area contributed by atoms with Crippen molar-refractivity contribution in [2.45, 2.75) is 0 Å². The van der Waals surface area contributed by atoms with Crippen LogP contribution < -0.4 is 15.6 Å². The van der Waals surface area contributed by atoms with Crippen molar-refractivity contribution in [1.29, 1.82) is 0 Å². The molecule has 1 heterocycles. The number of nitrogens with one attached hydrogen (secondary N) is 1. The van der Waals surface area contributed by atoms with E-state index >= 15 is 0 Å². The van der Waals surface area contributed by atoms with Crippen LogP contribution in [0, 0.1) is 0 Å². The molecule has 1 aromatic heterocycles. The molecule has 0 aliphatic rings. The molecule has 1 amide bonds. The van der Waals surface area contributed by atoms with Crippen molar-refractivity contribution in [3.8, 4) is 17.1 Å². The quantitative estimate of drug-likeness (QED) is 0.338. The summed E-state index contributed by atoms with van der Waals surface area (Å²) in [6.07, 6.45) is 1.59. The van der Waals surface area contributed by atoms with Gasteiger partial charge in [-0.2, -0.15) is 9.78 Å². The normalized spacial score (nSPS) is 11.0. The number of amides is 1. The molecule has 7 heteroatoms. The Labute approximate surface area is 207 Å². The number of para-hydroxylation sites is 2. The highest BCUT2D eigenvalue weighted by Gasteiger charge is 2.12. The van der Waals surface area contributed by atoms with Gasteiger partial charge in [-0.15, -0.1) is 0 Å². The number of benzene rings is 4. The van der Waals surface area contributed by atoms with Crippen LogP contribution in [-0.2, 0) is 4.79 Å². The summed E-state index contributed by atoms with van der Waals surface area (Å²) in [7, 11) is 0. The average Bonchev–Trinajstić information content (AvgIpc) is 2.93. The number of aromatic nitrogens is 2. The average molecular weight is 475 g/mol. The van der Waals surface area contributed by atoms with Crippen LogP contribution in [0.15, 0.2) is 119 Å². The maximum atomic E-state index is 13.2. The molecule has 36 heavy (non-hydrogen) atoms. The van der Waals surface area contributed by atoms with Crippen molar-refractivity contribution >= 4 is 28.7 Å². The number of nitrogens with zero attached hydrogens (tertiary/aromatic N) is 3. The lowest BCUT2D eigenvalue weighted by molar-refractivity contribution is -0.118. The number of rotatable bonds is 7. The first-order valence-electron chi connectivity index (χ1n) is 11.4. The topological polar surface area (TPSA) is 85.6 Å². The SMILES string of the molecule is O=C(COc1ccc(C=Nn2c(-c3ccccc3)nc3ccccc3c2=O)cc1)Nc1ccccc1. The summed E-state index contributed by atoms with van der Waals surface area (Å²) < 4.78 is 6.90. The van der Waals surface area contributed by atoms with Crippen molar-refractivity contribution in [3.63, 3.8) is 0 Å². The highest BCUT2D eigenvalue weighted by Crippen LogP contribution is 2.19. The van der Waals surface area contributed by atoms with Crippen molar-refractivity contribution in [3.05, 3.63) is 125 Å². The molecule has 1 N–H and O–H groups in total. The summed E-state index contributed by atoms with van der Waals surface area (Å²) >= 11 is 0. The van der Waals surface area contributed by atoms with E-state index in [-0.39, 0.29) is 18.1 Å². The second kappa shape index (κ2) is 10.5. The third-order valence-electron chi connectivity index (χ3n) is 5.42. The van der Waals surface area contributed by atoms with E-state index in [1.165, 1.54) is 4.68 Å². The Balaban J connectivity index is 1.34. The molecule has 0 bridgehead atoms. The van der Waals surface area contributed by atoms with Gasteiger partial charge >= 0.3 is 0 Å². The highest BCUT2D eigenvalue weighted by atomic mass is 16.5. The fourth-order valence-corrected chi connectivity index (χ4v) is 3.65. The van der Waals surface area contributed by atoms with Gasteiger partial charge in [0.05, 0.1) is 17.1 Å². The summed E-state index contributed by atoms with van der Waals surface area (Å²) in [4.78, 5) is 30.0. The minimum atomic E-state index is -0.250. The van der Waals surface area contributed by atoms with Gasteiger partial charge < -0.3 is 10.1 Å². The zero-order valence-corrected chi connectivity index (χ0v) is 19.2. The molecule has 0 fully saturated rings. The molecule has 176 valence electrons. The van der Waals surface area contributed by atoms with E-state index in [2.05, 4.69) is 10.4 Å². The molecule has 0 atom stereocenters. The van der Waals surface area contributed by atoms with Crippen LogP contribution in [0.1, 0.15) is 5.56 Å². The second-order valence-corrected chi connectivity index (χ2v) is 7.95. The summed E-state index contributed by atoms with van der Waals surface area (Å²) in [6, 6.07) is 33.0. The third-order valence-corrected chi connectivity index (χ3v) is 5.42. The second-order valence-electron chi connectivity index (χ2n) is 7.95. The van der Waals surface area contributed by atoms with Gasteiger partial charge in [-0.3, -0.25) is 9.59 Å². The first-order valence-corrected chi connectivity index (χ1v) is 11.4. The van der Waals surface area contributed by atoms with Gasteiger partial charge in [-0.1, -0.05) is 60.7 Å². The maximum Gasteiger partial charge on any atom is 0.282 e. The van der Waals surface area contributed by atoms with Crippen LogP contribution >= 0.6 is 0 Å². The number of anilines is 1. The van der Waals surface area contributed by atoms with Crippen LogP contribution in [0.4, 0.5) is 5.69 Å². The van der Waals surface area contributed by atoms with E-state index in [4.69, 9.17) is 9.72 Å². The lowest BCUT2D eigenvalue weighted by Crippen LogP contribution is -2.20. The number of ether oxygens (including phenoxy) is 1. The molecule has 0 spiro atoms. The van der Waals surface area contributed by atoms with Crippen LogP contribution in [0.25, 0.3) is 22.3 Å². The molecule has 0 radical (unpaired) electrons. The minimum Gasteiger partial charge on any atom is -0.484 e. The summed E-state index contributed by atoms with van der Waals surface area (Å²) in [5.41, 5.74) is 2.63. The fourth-order valence-electron chi connectivity index (χ4n) is 3.65. The maximum absolute atomic E-state index is 13.2. The van der Waals surface area contributed by atoms with Gasteiger partial charge in [0.1, 0.15) is 5.75 Å². The van der Waals surface area contributed by atoms with Crippen molar-refractivity contribution in [1.82, 2.24) is 9.66 Å². The van der Waals surface area contributed by atoms with E-state index in [9.17, 15) is 9.59 Å². The fraction of sp³-hybridized carbons (Fsp3) is 0.0345. The number of fused-ring (bicyclic) bond motifs is 1. The summed E-state index contributed by atoms with van der Waals surface area (Å²) in [5.74, 6) is 0.758. The van der Waals surface area contributed by atoms with Gasteiger partial charge in [-0.25, -0.2) is 4.98 Å². The first-order chi connectivity index (χ1) is 17.7. The highest BCUT2D eigenvalue weighted by molar-refractivity contribution is 5.91. The first kappa shape index (κ1) is 22.7. The Morgan fingerprint density at radius 3 is 2.28 bits per heavy atom. The molecule has 4 aromatic carbocycles. The van der Waals surface area contributed by atoms with Crippen LogP contribution in [0.3, 0.4) is 0 Å². The van der Waals surface area contributed by atoms with E-state index in [0.29, 0.717) is 28.2 Å². The predicted molar refractivity (Wildman–Crippen MR) is 141 cm³/mol. The molecule has 0 saturated heterocycles.